The largest absolute Gasteiger partial charge is 0.411 e. The van der Waals surface area contributed by atoms with Gasteiger partial charge in [0.15, 0.2) is 0 Å². The lowest BCUT2D eigenvalue weighted by Gasteiger charge is -1.97. The molecule has 0 amide bonds. The van der Waals surface area contributed by atoms with Gasteiger partial charge in [0.25, 0.3) is 11.1 Å². The molecule has 0 aliphatic heterocycles. The van der Waals surface area contributed by atoms with E-state index < -0.39 is 0 Å². The molecule has 0 fully saturated rings. The fourth-order valence-corrected chi connectivity index (χ4v) is 1.38. The van der Waals surface area contributed by atoms with E-state index in [-0.39, 0.29) is 0 Å². The number of benzene rings is 1. The second kappa shape index (κ2) is 3.71. The van der Waals surface area contributed by atoms with Crippen LogP contribution in [0.4, 0.5) is 5.69 Å². The molecule has 1 aromatic carbocycles. The highest BCUT2D eigenvalue weighted by molar-refractivity contribution is 7.98. The summed E-state index contributed by atoms with van der Waals surface area (Å²) in [4.78, 5) is 0. The fraction of sp³-hybridized carbons (Fsp3) is 0.111. The Morgan fingerprint density at radius 3 is 2.71 bits per heavy atom. The van der Waals surface area contributed by atoms with Gasteiger partial charge in [0.2, 0.25) is 0 Å². The molecule has 14 heavy (non-hydrogen) atoms. The van der Waals surface area contributed by atoms with Crippen molar-refractivity contribution in [2.24, 2.45) is 0 Å². The molecular formula is C9H9N3OS. The van der Waals surface area contributed by atoms with E-state index >= 15 is 0 Å². The summed E-state index contributed by atoms with van der Waals surface area (Å²) in [6, 6.07) is 7.41. The van der Waals surface area contributed by atoms with Gasteiger partial charge in [0.1, 0.15) is 0 Å². The van der Waals surface area contributed by atoms with Crippen molar-refractivity contribution in [3.8, 4) is 11.5 Å². The lowest BCUT2D eigenvalue weighted by Crippen LogP contribution is -1.88. The quantitative estimate of drug-likeness (QED) is 0.603. The van der Waals surface area contributed by atoms with Crippen molar-refractivity contribution >= 4 is 17.4 Å². The monoisotopic (exact) mass is 207 g/mol. The van der Waals surface area contributed by atoms with E-state index in [1.54, 1.807) is 6.07 Å². The molecule has 0 saturated heterocycles. The Labute approximate surface area is 85.5 Å². The number of hydrogen-bond donors (Lipinski definition) is 1. The Balaban J connectivity index is 2.44. The van der Waals surface area contributed by atoms with Crippen molar-refractivity contribution in [3.63, 3.8) is 0 Å². The summed E-state index contributed by atoms with van der Waals surface area (Å²) in [6.45, 7) is 0. The third-order valence-electron chi connectivity index (χ3n) is 1.77. The lowest BCUT2D eigenvalue weighted by atomic mass is 10.2. The van der Waals surface area contributed by atoms with Crippen LogP contribution in [0.1, 0.15) is 0 Å². The van der Waals surface area contributed by atoms with Crippen LogP contribution < -0.4 is 5.73 Å². The maximum absolute atomic E-state index is 5.77. The van der Waals surface area contributed by atoms with Gasteiger partial charge in [0, 0.05) is 5.69 Å². The molecule has 72 valence electrons. The molecule has 2 aromatic rings. The third kappa shape index (κ3) is 1.58. The van der Waals surface area contributed by atoms with Crippen LogP contribution in [0.5, 0.6) is 0 Å². The number of aromatic nitrogens is 2. The Bertz CT molecular complexity index is 441. The maximum atomic E-state index is 5.77. The normalized spacial score (nSPS) is 10.4. The molecule has 5 heteroatoms. The van der Waals surface area contributed by atoms with E-state index in [4.69, 9.17) is 10.2 Å². The summed E-state index contributed by atoms with van der Waals surface area (Å²) < 4.78 is 5.36. The highest BCUT2D eigenvalue weighted by Crippen LogP contribution is 2.25. The average molecular weight is 207 g/mol. The molecule has 0 bridgehead atoms. The van der Waals surface area contributed by atoms with E-state index in [0.29, 0.717) is 16.8 Å². The molecular weight excluding hydrogens is 198 g/mol. The Hall–Kier alpha value is -1.49. The van der Waals surface area contributed by atoms with Crippen molar-refractivity contribution in [3.05, 3.63) is 24.3 Å². The summed E-state index contributed by atoms with van der Waals surface area (Å²) in [5.74, 6) is 0.465. The van der Waals surface area contributed by atoms with E-state index in [2.05, 4.69) is 10.2 Å². The molecule has 0 aliphatic rings. The van der Waals surface area contributed by atoms with Crippen LogP contribution in [0.15, 0.2) is 33.9 Å². The highest BCUT2D eigenvalue weighted by atomic mass is 32.2. The lowest BCUT2D eigenvalue weighted by molar-refractivity contribution is 0.466. The standard InChI is InChI=1S/C9H9N3OS/c1-14-9-12-11-8(13-9)6-4-2-3-5-7(6)10/h2-5H,10H2,1H3. The number of nitrogen functional groups attached to an aromatic ring is 1. The predicted octanol–water partition coefficient (Wildman–Crippen LogP) is 2.04. The molecule has 0 saturated carbocycles. The van der Waals surface area contributed by atoms with Crippen LogP contribution in [0.3, 0.4) is 0 Å². The topological polar surface area (TPSA) is 64.9 Å². The van der Waals surface area contributed by atoms with Crippen LogP contribution in [0.25, 0.3) is 11.5 Å². The predicted molar refractivity (Wildman–Crippen MR) is 55.9 cm³/mol. The van der Waals surface area contributed by atoms with Crippen molar-refractivity contribution in [1.29, 1.82) is 0 Å². The first-order valence-corrected chi connectivity index (χ1v) is 5.26. The van der Waals surface area contributed by atoms with Gasteiger partial charge >= 0.3 is 0 Å². The van der Waals surface area contributed by atoms with Gasteiger partial charge in [0.05, 0.1) is 5.56 Å². The SMILES string of the molecule is CSc1nnc(-c2ccccc2N)o1. The van der Waals surface area contributed by atoms with E-state index in [0.717, 1.165) is 5.56 Å². The molecule has 0 aliphatic carbocycles. The van der Waals surface area contributed by atoms with Crippen molar-refractivity contribution in [2.75, 3.05) is 12.0 Å². The summed E-state index contributed by atoms with van der Waals surface area (Å²) in [5.41, 5.74) is 7.19. The van der Waals surface area contributed by atoms with Gasteiger partial charge in [-0.05, 0) is 18.4 Å². The summed E-state index contributed by atoms with van der Waals surface area (Å²) in [7, 11) is 0. The first-order chi connectivity index (χ1) is 6.81. The van der Waals surface area contributed by atoms with Crippen molar-refractivity contribution < 1.29 is 4.42 Å². The molecule has 0 unspecified atom stereocenters. The van der Waals surface area contributed by atoms with Crippen LogP contribution in [0, 0.1) is 0 Å². The minimum absolute atomic E-state index is 0.465. The summed E-state index contributed by atoms with van der Waals surface area (Å²) in [5, 5.41) is 8.29. The molecule has 0 atom stereocenters. The minimum atomic E-state index is 0.465. The zero-order valence-electron chi connectivity index (χ0n) is 7.60. The van der Waals surface area contributed by atoms with Gasteiger partial charge in [-0.25, -0.2) is 0 Å². The summed E-state index contributed by atoms with van der Waals surface area (Å²) in [6.07, 6.45) is 1.88. The zero-order chi connectivity index (χ0) is 9.97. The Kier molecular flexibility index (Phi) is 2.41. The zero-order valence-corrected chi connectivity index (χ0v) is 8.41. The fourth-order valence-electron chi connectivity index (χ4n) is 1.09. The first kappa shape index (κ1) is 9.08. The Morgan fingerprint density at radius 1 is 1.29 bits per heavy atom. The van der Waals surface area contributed by atoms with Gasteiger partial charge in [-0.15, -0.1) is 10.2 Å². The number of rotatable bonds is 2. The molecule has 1 aromatic heterocycles. The van der Waals surface area contributed by atoms with Gasteiger partial charge in [-0.3, -0.25) is 0 Å². The number of thioether (sulfide) groups is 1. The van der Waals surface area contributed by atoms with Crippen LogP contribution in [-0.2, 0) is 0 Å². The van der Waals surface area contributed by atoms with E-state index in [1.165, 1.54) is 11.8 Å². The Morgan fingerprint density at radius 2 is 2.07 bits per heavy atom. The average Bonchev–Trinajstić information content (AvgIpc) is 2.67. The molecule has 2 rings (SSSR count). The molecule has 2 N–H and O–H groups in total. The van der Waals surface area contributed by atoms with Crippen molar-refractivity contribution in [1.82, 2.24) is 10.2 Å². The highest BCUT2D eigenvalue weighted by Gasteiger charge is 2.09. The number of nitrogens with two attached hydrogens (primary N) is 1. The molecule has 1 heterocycles. The molecule has 0 radical (unpaired) electrons. The number of nitrogens with zero attached hydrogens (tertiary/aromatic N) is 2. The minimum Gasteiger partial charge on any atom is -0.411 e. The summed E-state index contributed by atoms with van der Waals surface area (Å²) >= 11 is 1.41. The van der Waals surface area contributed by atoms with Crippen LogP contribution >= 0.6 is 11.8 Å². The second-order valence-electron chi connectivity index (χ2n) is 2.66. The molecule has 0 spiro atoms. The number of para-hydroxylation sites is 1. The van der Waals surface area contributed by atoms with Crippen molar-refractivity contribution in [2.45, 2.75) is 5.22 Å². The second-order valence-corrected chi connectivity index (χ2v) is 3.42. The maximum Gasteiger partial charge on any atom is 0.276 e. The van der Waals surface area contributed by atoms with E-state index in [1.807, 2.05) is 24.5 Å². The third-order valence-corrected chi connectivity index (χ3v) is 2.29. The van der Waals surface area contributed by atoms with Gasteiger partial charge < -0.3 is 10.2 Å². The number of hydrogen-bond acceptors (Lipinski definition) is 5. The van der Waals surface area contributed by atoms with Crippen LogP contribution in [-0.4, -0.2) is 16.5 Å². The first-order valence-electron chi connectivity index (χ1n) is 4.03. The van der Waals surface area contributed by atoms with E-state index in [9.17, 15) is 0 Å². The van der Waals surface area contributed by atoms with Crippen LogP contribution in [0.2, 0.25) is 0 Å². The number of anilines is 1. The van der Waals surface area contributed by atoms with Gasteiger partial charge in [-0.1, -0.05) is 23.9 Å². The smallest absolute Gasteiger partial charge is 0.276 e. The van der Waals surface area contributed by atoms with Gasteiger partial charge in [-0.2, -0.15) is 0 Å². The molecule has 4 nitrogen and oxygen atoms in total.